The number of aromatic carboxylic acids is 1. The Balaban J connectivity index is 2.58. The second-order valence-corrected chi connectivity index (χ2v) is 5.84. The standard InChI is InChI=1S/C12H12FN3O4S/c1-2-16(10-6-4-3-5-9(10)13)21(19,20)11-8(12(17)18)7-14-15-11/h3-7H,2H2,1H3,(H,14,15)(H,17,18). The molecule has 0 atom stereocenters. The Morgan fingerprint density at radius 3 is 2.67 bits per heavy atom. The highest BCUT2D eigenvalue weighted by Gasteiger charge is 2.31. The second-order valence-electron chi connectivity index (χ2n) is 4.04. The summed E-state index contributed by atoms with van der Waals surface area (Å²) in [5, 5.41) is 14.0. The van der Waals surface area contributed by atoms with Gasteiger partial charge < -0.3 is 5.11 Å². The van der Waals surface area contributed by atoms with E-state index in [-0.39, 0.29) is 12.2 Å². The summed E-state index contributed by atoms with van der Waals surface area (Å²) in [7, 11) is -4.26. The van der Waals surface area contributed by atoms with Gasteiger partial charge in [-0.15, -0.1) is 0 Å². The average molecular weight is 313 g/mol. The van der Waals surface area contributed by atoms with Gasteiger partial charge in [-0.2, -0.15) is 13.5 Å². The van der Waals surface area contributed by atoms with E-state index in [4.69, 9.17) is 5.11 Å². The molecule has 2 N–H and O–H groups in total. The Labute approximate surface area is 120 Å². The van der Waals surface area contributed by atoms with E-state index in [9.17, 15) is 17.6 Å². The lowest BCUT2D eigenvalue weighted by Gasteiger charge is -2.22. The summed E-state index contributed by atoms with van der Waals surface area (Å²) < 4.78 is 39.6. The summed E-state index contributed by atoms with van der Waals surface area (Å²) in [6, 6.07) is 5.34. The fourth-order valence-electron chi connectivity index (χ4n) is 1.86. The van der Waals surface area contributed by atoms with Gasteiger partial charge in [0, 0.05) is 6.54 Å². The number of H-pyrrole nitrogens is 1. The minimum absolute atomic E-state index is 0.0681. The molecule has 1 aromatic heterocycles. The fourth-order valence-corrected chi connectivity index (χ4v) is 3.41. The molecule has 0 bridgehead atoms. The van der Waals surface area contributed by atoms with E-state index >= 15 is 0 Å². The number of para-hydroxylation sites is 1. The molecule has 0 radical (unpaired) electrons. The minimum atomic E-state index is -4.26. The lowest BCUT2D eigenvalue weighted by Crippen LogP contribution is -2.32. The molecule has 0 spiro atoms. The van der Waals surface area contributed by atoms with E-state index in [0.29, 0.717) is 0 Å². The number of nitrogens with zero attached hydrogens (tertiary/aromatic N) is 2. The van der Waals surface area contributed by atoms with Crippen molar-refractivity contribution in [2.24, 2.45) is 0 Å². The van der Waals surface area contributed by atoms with Gasteiger partial charge in [0.05, 0.1) is 11.9 Å². The normalized spacial score (nSPS) is 11.3. The van der Waals surface area contributed by atoms with E-state index in [1.807, 2.05) is 0 Å². The number of hydrogen-bond donors (Lipinski definition) is 2. The van der Waals surface area contributed by atoms with Crippen molar-refractivity contribution < 1.29 is 22.7 Å². The molecule has 0 fully saturated rings. The molecule has 2 aromatic rings. The van der Waals surface area contributed by atoms with Crippen LogP contribution in [0.2, 0.25) is 0 Å². The number of carboxylic acid groups (broad SMARTS) is 1. The number of hydrogen-bond acceptors (Lipinski definition) is 4. The SMILES string of the molecule is CCN(c1ccccc1F)S(=O)(=O)c1[nH]ncc1C(=O)O. The summed E-state index contributed by atoms with van der Waals surface area (Å²) in [6.45, 7) is 1.45. The zero-order valence-corrected chi connectivity index (χ0v) is 11.8. The number of anilines is 1. The molecule has 0 saturated heterocycles. The molecule has 1 heterocycles. The van der Waals surface area contributed by atoms with Crippen LogP contribution >= 0.6 is 0 Å². The number of carboxylic acids is 1. The number of nitrogens with one attached hydrogen (secondary N) is 1. The van der Waals surface area contributed by atoms with Crippen LogP contribution in [0.3, 0.4) is 0 Å². The van der Waals surface area contributed by atoms with Crippen LogP contribution in [0.25, 0.3) is 0 Å². The molecule has 7 nitrogen and oxygen atoms in total. The Hall–Kier alpha value is -2.42. The third kappa shape index (κ3) is 2.59. The van der Waals surface area contributed by atoms with Gasteiger partial charge in [-0.25, -0.2) is 9.18 Å². The number of benzene rings is 1. The van der Waals surface area contributed by atoms with Crippen molar-refractivity contribution in [1.82, 2.24) is 10.2 Å². The molecule has 0 aliphatic rings. The molecular weight excluding hydrogens is 301 g/mol. The van der Waals surface area contributed by atoms with Crippen LogP contribution in [0.5, 0.6) is 0 Å². The summed E-state index contributed by atoms with van der Waals surface area (Å²) in [5.41, 5.74) is -0.657. The Kier molecular flexibility index (Phi) is 3.94. The van der Waals surface area contributed by atoms with Gasteiger partial charge in [0.1, 0.15) is 11.4 Å². The van der Waals surface area contributed by atoms with Gasteiger partial charge in [0.25, 0.3) is 10.0 Å². The van der Waals surface area contributed by atoms with Gasteiger partial charge in [-0.3, -0.25) is 9.40 Å². The molecule has 0 saturated carbocycles. The molecule has 0 aliphatic carbocycles. The van der Waals surface area contributed by atoms with Crippen molar-refractivity contribution in [3.05, 3.63) is 41.8 Å². The highest BCUT2D eigenvalue weighted by Crippen LogP contribution is 2.26. The molecule has 112 valence electrons. The fraction of sp³-hybridized carbons (Fsp3) is 0.167. The smallest absolute Gasteiger partial charge is 0.340 e. The lowest BCUT2D eigenvalue weighted by atomic mass is 10.3. The molecule has 1 aromatic carbocycles. The number of rotatable bonds is 5. The molecule has 2 rings (SSSR count). The van der Waals surface area contributed by atoms with E-state index in [0.717, 1.165) is 16.6 Å². The maximum absolute atomic E-state index is 13.8. The van der Waals surface area contributed by atoms with Gasteiger partial charge in [0.15, 0.2) is 5.03 Å². The van der Waals surface area contributed by atoms with Gasteiger partial charge in [-0.1, -0.05) is 12.1 Å². The molecule has 0 unspecified atom stereocenters. The predicted octanol–water partition coefficient (Wildman–Crippen LogP) is 1.46. The van der Waals surface area contributed by atoms with Crippen LogP contribution in [0, 0.1) is 5.82 Å². The predicted molar refractivity (Wildman–Crippen MR) is 72.2 cm³/mol. The zero-order valence-electron chi connectivity index (χ0n) is 10.9. The third-order valence-corrected chi connectivity index (χ3v) is 4.65. The van der Waals surface area contributed by atoms with E-state index in [2.05, 4.69) is 10.2 Å². The monoisotopic (exact) mass is 313 g/mol. The van der Waals surface area contributed by atoms with Crippen molar-refractivity contribution in [2.75, 3.05) is 10.8 Å². The lowest BCUT2D eigenvalue weighted by molar-refractivity contribution is 0.0692. The van der Waals surface area contributed by atoms with E-state index < -0.39 is 32.4 Å². The maximum Gasteiger partial charge on any atom is 0.340 e. The molecule has 21 heavy (non-hydrogen) atoms. The third-order valence-electron chi connectivity index (χ3n) is 2.79. The summed E-state index contributed by atoms with van der Waals surface area (Å²) in [6.07, 6.45) is 0.893. The first-order valence-electron chi connectivity index (χ1n) is 5.93. The number of aromatic nitrogens is 2. The zero-order chi connectivity index (χ0) is 15.6. The molecule has 0 aliphatic heterocycles. The van der Waals surface area contributed by atoms with Crippen molar-refractivity contribution in [1.29, 1.82) is 0 Å². The molecule has 9 heteroatoms. The summed E-state index contributed by atoms with van der Waals surface area (Å²) in [5.74, 6) is -2.16. The highest BCUT2D eigenvalue weighted by atomic mass is 32.2. The first-order chi connectivity index (χ1) is 9.89. The van der Waals surface area contributed by atoms with E-state index in [1.54, 1.807) is 0 Å². The summed E-state index contributed by atoms with van der Waals surface area (Å²) >= 11 is 0. The average Bonchev–Trinajstić information content (AvgIpc) is 2.91. The van der Waals surface area contributed by atoms with Crippen molar-refractivity contribution in [3.8, 4) is 0 Å². The van der Waals surface area contributed by atoms with Gasteiger partial charge >= 0.3 is 5.97 Å². The van der Waals surface area contributed by atoms with Crippen LogP contribution in [-0.2, 0) is 10.0 Å². The van der Waals surface area contributed by atoms with Gasteiger partial charge in [-0.05, 0) is 19.1 Å². The number of carbonyl (C=O) groups is 1. The Morgan fingerprint density at radius 2 is 2.10 bits per heavy atom. The van der Waals surface area contributed by atoms with Crippen molar-refractivity contribution in [3.63, 3.8) is 0 Å². The summed E-state index contributed by atoms with van der Waals surface area (Å²) in [4.78, 5) is 11.0. The Bertz CT molecular complexity index is 772. The van der Waals surface area contributed by atoms with Crippen LogP contribution in [-0.4, -0.2) is 36.2 Å². The van der Waals surface area contributed by atoms with Crippen molar-refractivity contribution in [2.45, 2.75) is 11.9 Å². The number of aromatic amines is 1. The largest absolute Gasteiger partial charge is 0.478 e. The van der Waals surface area contributed by atoms with Gasteiger partial charge in [0.2, 0.25) is 0 Å². The Morgan fingerprint density at radius 1 is 1.43 bits per heavy atom. The number of halogens is 1. The molecule has 0 amide bonds. The van der Waals surface area contributed by atoms with Crippen LogP contribution < -0.4 is 4.31 Å². The molecular formula is C12H12FN3O4S. The topological polar surface area (TPSA) is 103 Å². The minimum Gasteiger partial charge on any atom is -0.478 e. The van der Waals surface area contributed by atoms with Crippen LogP contribution in [0.15, 0.2) is 35.5 Å². The first-order valence-corrected chi connectivity index (χ1v) is 7.37. The highest BCUT2D eigenvalue weighted by molar-refractivity contribution is 7.92. The number of sulfonamides is 1. The second kappa shape index (κ2) is 5.52. The van der Waals surface area contributed by atoms with Crippen molar-refractivity contribution >= 4 is 21.7 Å². The van der Waals surface area contributed by atoms with Crippen LogP contribution in [0.4, 0.5) is 10.1 Å². The van der Waals surface area contributed by atoms with E-state index in [1.165, 1.54) is 25.1 Å². The van der Waals surface area contributed by atoms with Crippen LogP contribution in [0.1, 0.15) is 17.3 Å². The first kappa shape index (κ1) is 15.0. The quantitative estimate of drug-likeness (QED) is 0.870. The maximum atomic E-state index is 13.8.